The van der Waals surface area contributed by atoms with Crippen molar-refractivity contribution in [2.75, 3.05) is 33.4 Å². The molecule has 216 valence electrons. The molecule has 5 rings (SSSR count). The van der Waals surface area contributed by atoms with Crippen LogP contribution in [0.1, 0.15) is 40.1 Å². The fourth-order valence-electron chi connectivity index (χ4n) is 5.46. The summed E-state index contributed by atoms with van der Waals surface area (Å²) in [7, 11) is 1.49. The summed E-state index contributed by atoms with van der Waals surface area (Å²) in [5.74, 6) is -0.368. The Morgan fingerprint density at radius 2 is 1.90 bits per heavy atom. The molecule has 2 aromatic carbocycles. The van der Waals surface area contributed by atoms with Crippen LogP contribution in [0, 0.1) is 12.7 Å². The number of benzene rings is 2. The highest BCUT2D eigenvalue weighted by atomic mass is 19.4. The lowest BCUT2D eigenvalue weighted by Gasteiger charge is -2.43. The summed E-state index contributed by atoms with van der Waals surface area (Å²) >= 11 is 0. The molecular weight excluding hydrogens is 542 g/mol. The van der Waals surface area contributed by atoms with Gasteiger partial charge in [0.2, 0.25) is 0 Å². The Morgan fingerprint density at radius 1 is 1.17 bits per heavy atom. The Hall–Kier alpha value is -4.03. The van der Waals surface area contributed by atoms with Crippen LogP contribution in [0.15, 0.2) is 54.7 Å². The van der Waals surface area contributed by atoms with E-state index in [-0.39, 0.29) is 41.7 Å². The van der Waals surface area contributed by atoms with E-state index in [1.165, 1.54) is 26.2 Å². The zero-order chi connectivity index (χ0) is 29.5. The predicted molar refractivity (Wildman–Crippen MR) is 143 cm³/mol. The zero-order valence-corrected chi connectivity index (χ0v) is 22.7. The number of aliphatic hydroxyl groups excluding tert-OH is 1. The van der Waals surface area contributed by atoms with E-state index in [2.05, 4.69) is 10.1 Å². The molecule has 3 heterocycles. The molecule has 12 heteroatoms. The second-order valence-electron chi connectivity index (χ2n) is 10.0. The summed E-state index contributed by atoms with van der Waals surface area (Å²) in [6.07, 6.45) is -3.63. The van der Waals surface area contributed by atoms with Crippen LogP contribution in [0.2, 0.25) is 0 Å². The van der Waals surface area contributed by atoms with E-state index in [9.17, 15) is 27.5 Å². The van der Waals surface area contributed by atoms with Gasteiger partial charge in [0.15, 0.2) is 11.3 Å². The summed E-state index contributed by atoms with van der Waals surface area (Å²) in [5.41, 5.74) is -0.230. The number of amides is 1. The molecule has 2 aromatic heterocycles. The summed E-state index contributed by atoms with van der Waals surface area (Å²) < 4.78 is 62.5. The van der Waals surface area contributed by atoms with E-state index in [1.54, 1.807) is 41.3 Å². The molecule has 0 saturated carbocycles. The van der Waals surface area contributed by atoms with E-state index in [0.717, 1.165) is 6.20 Å². The number of hydrogen-bond acceptors (Lipinski definition) is 6. The van der Waals surface area contributed by atoms with Gasteiger partial charge >= 0.3 is 6.18 Å². The van der Waals surface area contributed by atoms with E-state index >= 15 is 0 Å². The number of aromatic nitrogens is 3. The average Bonchev–Trinajstić information content (AvgIpc) is 3.35. The number of halogens is 4. The lowest BCUT2D eigenvalue weighted by atomic mass is 10.0. The third kappa shape index (κ3) is 5.36. The first kappa shape index (κ1) is 28.5. The Balaban J connectivity index is 1.49. The standard InChI is InChI=1S/C29H29F4N5O3/c1-17-15-36(24(16-39)20-5-4-6-21(30)13-20)11-12-37(17)28(40)23-14-34-38-26(29(31,32)33)18(2)25(35-27(23)38)19-7-9-22(41-3)10-8-19/h4-10,13-14,17,24,39H,11-12,15-16H2,1-3H3/t17-,24?/m1/s1. The van der Waals surface area contributed by atoms with Gasteiger partial charge in [-0.05, 0) is 55.8 Å². The van der Waals surface area contributed by atoms with Crippen LogP contribution in [0.25, 0.3) is 16.9 Å². The maximum absolute atomic E-state index is 14.3. The zero-order valence-electron chi connectivity index (χ0n) is 22.7. The van der Waals surface area contributed by atoms with Crippen LogP contribution in [-0.4, -0.2) is 74.8 Å². The molecule has 0 aliphatic carbocycles. The highest BCUT2D eigenvalue weighted by Gasteiger charge is 2.39. The Bertz CT molecular complexity index is 1570. The van der Waals surface area contributed by atoms with Crippen molar-refractivity contribution < 1.29 is 32.2 Å². The van der Waals surface area contributed by atoms with Crippen molar-refractivity contribution in [1.29, 1.82) is 0 Å². The van der Waals surface area contributed by atoms with Crippen molar-refractivity contribution in [3.63, 3.8) is 0 Å². The monoisotopic (exact) mass is 571 g/mol. The van der Waals surface area contributed by atoms with Gasteiger partial charge in [-0.1, -0.05) is 12.1 Å². The third-order valence-corrected chi connectivity index (χ3v) is 7.51. The molecule has 1 unspecified atom stereocenters. The van der Waals surface area contributed by atoms with Crippen molar-refractivity contribution in [3.05, 3.63) is 82.9 Å². The van der Waals surface area contributed by atoms with Gasteiger partial charge < -0.3 is 14.7 Å². The Labute approximate surface area is 233 Å². The smallest absolute Gasteiger partial charge is 0.433 e. The van der Waals surface area contributed by atoms with Gasteiger partial charge in [-0.3, -0.25) is 9.69 Å². The minimum atomic E-state index is -4.76. The quantitative estimate of drug-likeness (QED) is 0.337. The van der Waals surface area contributed by atoms with Gasteiger partial charge in [0.25, 0.3) is 5.91 Å². The molecule has 1 aliphatic rings. The largest absolute Gasteiger partial charge is 0.497 e. The first-order valence-electron chi connectivity index (χ1n) is 13.0. The number of nitrogens with zero attached hydrogens (tertiary/aromatic N) is 5. The predicted octanol–water partition coefficient (Wildman–Crippen LogP) is 4.75. The number of ether oxygens (including phenoxy) is 1. The Morgan fingerprint density at radius 3 is 2.51 bits per heavy atom. The molecule has 1 saturated heterocycles. The number of alkyl halides is 3. The lowest BCUT2D eigenvalue weighted by molar-refractivity contribution is -0.143. The molecule has 1 amide bonds. The number of piperazine rings is 1. The van der Waals surface area contributed by atoms with Crippen LogP contribution in [0.3, 0.4) is 0 Å². The number of rotatable bonds is 6. The number of fused-ring (bicyclic) bond motifs is 1. The van der Waals surface area contributed by atoms with Gasteiger partial charge in [-0.15, -0.1) is 0 Å². The molecule has 4 aromatic rings. The molecule has 1 aliphatic heterocycles. The normalized spacial score (nSPS) is 17.2. The molecule has 1 N–H and O–H groups in total. The fraction of sp³-hybridized carbons (Fsp3) is 0.345. The molecule has 8 nitrogen and oxygen atoms in total. The minimum absolute atomic E-state index is 0.0469. The van der Waals surface area contributed by atoms with Gasteiger partial charge in [-0.25, -0.2) is 13.9 Å². The van der Waals surface area contributed by atoms with Gasteiger partial charge in [0, 0.05) is 36.8 Å². The van der Waals surface area contributed by atoms with E-state index < -0.39 is 29.6 Å². The van der Waals surface area contributed by atoms with Crippen molar-refractivity contribution in [3.8, 4) is 17.0 Å². The highest BCUT2D eigenvalue weighted by molar-refractivity contribution is 6.00. The topological polar surface area (TPSA) is 83.2 Å². The van der Waals surface area contributed by atoms with Gasteiger partial charge in [-0.2, -0.15) is 18.3 Å². The van der Waals surface area contributed by atoms with Crippen LogP contribution in [-0.2, 0) is 6.18 Å². The molecule has 0 radical (unpaired) electrons. The highest BCUT2D eigenvalue weighted by Crippen LogP contribution is 2.37. The lowest BCUT2D eigenvalue weighted by Crippen LogP contribution is -2.55. The number of hydrogen-bond donors (Lipinski definition) is 1. The number of aliphatic hydroxyl groups is 1. The number of methoxy groups -OCH3 is 1. The van der Waals surface area contributed by atoms with E-state index in [0.29, 0.717) is 34.5 Å². The van der Waals surface area contributed by atoms with Crippen LogP contribution >= 0.6 is 0 Å². The van der Waals surface area contributed by atoms with E-state index in [4.69, 9.17) is 4.74 Å². The Kier molecular flexibility index (Phi) is 7.71. The second kappa shape index (κ2) is 11.1. The van der Waals surface area contributed by atoms with Gasteiger partial charge in [0.1, 0.15) is 17.1 Å². The summed E-state index contributed by atoms with van der Waals surface area (Å²) in [5, 5.41) is 14.0. The van der Waals surface area contributed by atoms with Crippen LogP contribution < -0.4 is 4.74 Å². The summed E-state index contributed by atoms with van der Waals surface area (Å²) in [4.78, 5) is 21.8. The molecule has 0 bridgehead atoms. The van der Waals surface area contributed by atoms with E-state index in [1.807, 2.05) is 11.8 Å². The van der Waals surface area contributed by atoms with Crippen LogP contribution in [0.5, 0.6) is 5.75 Å². The van der Waals surface area contributed by atoms with Crippen molar-refractivity contribution in [2.24, 2.45) is 0 Å². The molecule has 2 atom stereocenters. The average molecular weight is 572 g/mol. The number of carbonyl (C=O) groups is 1. The van der Waals surface area contributed by atoms with Crippen molar-refractivity contribution >= 4 is 11.6 Å². The fourth-order valence-corrected chi connectivity index (χ4v) is 5.46. The SMILES string of the molecule is COc1ccc(-c2nc3c(C(=O)N4CCN(C(CO)c5cccc(F)c5)C[C@H]4C)cnn3c(C(F)(F)F)c2C)cc1. The van der Waals surface area contributed by atoms with Gasteiger partial charge in [0.05, 0.1) is 31.6 Å². The van der Waals surface area contributed by atoms with Crippen molar-refractivity contribution in [2.45, 2.75) is 32.1 Å². The first-order chi connectivity index (χ1) is 19.5. The first-order valence-corrected chi connectivity index (χ1v) is 13.0. The summed E-state index contributed by atoms with van der Waals surface area (Å²) in [6.45, 7) is 3.88. The molecule has 1 fully saturated rings. The van der Waals surface area contributed by atoms with Crippen LogP contribution in [0.4, 0.5) is 17.6 Å². The minimum Gasteiger partial charge on any atom is -0.497 e. The maximum Gasteiger partial charge on any atom is 0.433 e. The van der Waals surface area contributed by atoms with Crippen molar-refractivity contribution in [1.82, 2.24) is 24.4 Å². The summed E-state index contributed by atoms with van der Waals surface area (Å²) in [6, 6.07) is 11.7. The molecular formula is C29H29F4N5O3. The number of carbonyl (C=O) groups excluding carboxylic acids is 1. The molecule has 41 heavy (non-hydrogen) atoms. The maximum atomic E-state index is 14.3. The molecule has 0 spiro atoms. The third-order valence-electron chi connectivity index (χ3n) is 7.51. The second-order valence-corrected chi connectivity index (χ2v) is 10.0.